The molecule has 2 aromatic rings. The number of rotatable bonds is 3. The summed E-state index contributed by atoms with van der Waals surface area (Å²) >= 11 is 5.84. The summed E-state index contributed by atoms with van der Waals surface area (Å²) in [7, 11) is 1.35. The van der Waals surface area contributed by atoms with Crippen molar-refractivity contribution in [3.63, 3.8) is 0 Å². The van der Waals surface area contributed by atoms with Gasteiger partial charge in [0.1, 0.15) is 5.57 Å². The molecular weight excluding hydrogens is 292 g/mol. The van der Waals surface area contributed by atoms with Crippen LogP contribution in [0.1, 0.15) is 17.9 Å². The topological polar surface area (TPSA) is 64.4 Å². The molecule has 1 aromatic heterocycles. The van der Waals surface area contributed by atoms with Gasteiger partial charge in [-0.1, -0.05) is 17.7 Å². The Labute approximate surface area is 126 Å². The Morgan fingerprint density at radius 2 is 2.14 bits per heavy atom. The highest BCUT2D eigenvalue weighted by Crippen LogP contribution is 2.31. The molecule has 0 saturated heterocycles. The average Bonchev–Trinajstić information content (AvgIpc) is 2.91. The van der Waals surface area contributed by atoms with Crippen LogP contribution in [-0.2, 0) is 16.0 Å². The summed E-state index contributed by atoms with van der Waals surface area (Å²) in [5.41, 5.74) is 1.99. The van der Waals surface area contributed by atoms with E-state index in [0.717, 1.165) is 24.2 Å². The van der Waals surface area contributed by atoms with Gasteiger partial charge in [0.15, 0.2) is 5.76 Å². The molecule has 0 saturated carbocycles. The number of oxazole rings is 1. The van der Waals surface area contributed by atoms with Gasteiger partial charge in [0, 0.05) is 10.7 Å². The number of aryl methyl sites for hydroxylation is 1. The van der Waals surface area contributed by atoms with Crippen LogP contribution in [-0.4, -0.2) is 18.1 Å². The normalized spacial score (nSPS) is 13.3. The summed E-state index contributed by atoms with van der Waals surface area (Å²) in [5.74, 6) is 0.0645. The zero-order valence-electron chi connectivity index (χ0n) is 11.4. The number of benzene rings is 1. The number of anilines is 2. The molecule has 6 heteroatoms. The number of hydrogen-bond acceptors (Lipinski definition) is 5. The third-order valence-corrected chi connectivity index (χ3v) is 3.42. The summed E-state index contributed by atoms with van der Waals surface area (Å²) in [5, 5.41) is 3.71. The standard InChI is InChI=1S/C15H13ClN2O3/c1-20-14(19)11-3-2-4-12-13(11)21-15(18-12)17-10-7-5-9(16)6-8-10/h3,5-8H,2,4H2,1H3,(H,17,18). The number of allylic oxidation sites excluding steroid dienone is 1. The fourth-order valence-electron chi connectivity index (χ4n) is 2.17. The van der Waals surface area contributed by atoms with Crippen molar-refractivity contribution in [2.45, 2.75) is 12.8 Å². The first-order valence-corrected chi connectivity index (χ1v) is 6.86. The lowest BCUT2D eigenvalue weighted by Gasteiger charge is -2.08. The lowest BCUT2D eigenvalue weighted by molar-refractivity contribution is -0.133. The average molecular weight is 305 g/mol. The maximum atomic E-state index is 11.7. The van der Waals surface area contributed by atoms with Gasteiger partial charge in [-0.05, 0) is 37.1 Å². The summed E-state index contributed by atoms with van der Waals surface area (Å²) in [4.78, 5) is 16.1. The van der Waals surface area contributed by atoms with Gasteiger partial charge >= 0.3 is 5.97 Å². The van der Waals surface area contributed by atoms with Crippen molar-refractivity contribution in [2.75, 3.05) is 12.4 Å². The predicted octanol–water partition coefficient (Wildman–Crippen LogP) is 3.57. The number of fused-ring (bicyclic) bond motifs is 1. The van der Waals surface area contributed by atoms with E-state index in [0.29, 0.717) is 22.4 Å². The van der Waals surface area contributed by atoms with Crippen LogP contribution in [0.4, 0.5) is 11.7 Å². The van der Waals surface area contributed by atoms with E-state index in [1.54, 1.807) is 12.1 Å². The Bertz CT molecular complexity index is 704. The lowest BCUT2D eigenvalue weighted by atomic mass is 10.0. The number of carbonyl (C=O) groups excluding carboxylic acids is 1. The molecule has 0 bridgehead atoms. The van der Waals surface area contributed by atoms with E-state index in [1.807, 2.05) is 18.2 Å². The maximum Gasteiger partial charge on any atom is 0.341 e. The van der Waals surface area contributed by atoms with Gasteiger partial charge in [-0.15, -0.1) is 0 Å². The van der Waals surface area contributed by atoms with Crippen LogP contribution in [0.15, 0.2) is 34.8 Å². The van der Waals surface area contributed by atoms with Crippen molar-refractivity contribution in [3.8, 4) is 0 Å². The van der Waals surface area contributed by atoms with Crippen LogP contribution in [0.25, 0.3) is 5.57 Å². The zero-order valence-corrected chi connectivity index (χ0v) is 12.1. The highest BCUT2D eigenvalue weighted by atomic mass is 35.5. The quantitative estimate of drug-likeness (QED) is 0.878. The Morgan fingerprint density at radius 1 is 1.38 bits per heavy atom. The fraction of sp³-hybridized carbons (Fsp3) is 0.200. The van der Waals surface area contributed by atoms with Crippen molar-refractivity contribution in [2.24, 2.45) is 0 Å². The molecule has 0 spiro atoms. The highest BCUT2D eigenvalue weighted by Gasteiger charge is 2.25. The van der Waals surface area contributed by atoms with Gasteiger partial charge in [-0.25, -0.2) is 4.79 Å². The van der Waals surface area contributed by atoms with Crippen LogP contribution in [0.3, 0.4) is 0 Å². The Morgan fingerprint density at radius 3 is 2.86 bits per heavy atom. The molecule has 0 radical (unpaired) electrons. The first-order chi connectivity index (χ1) is 10.2. The summed E-state index contributed by atoms with van der Waals surface area (Å²) in [6.45, 7) is 0. The number of hydrogen-bond donors (Lipinski definition) is 1. The second-order valence-electron chi connectivity index (χ2n) is 4.57. The molecule has 0 unspecified atom stereocenters. The van der Waals surface area contributed by atoms with E-state index in [1.165, 1.54) is 7.11 Å². The Kier molecular flexibility index (Phi) is 3.66. The zero-order chi connectivity index (χ0) is 14.8. The summed E-state index contributed by atoms with van der Waals surface area (Å²) < 4.78 is 10.4. The van der Waals surface area contributed by atoms with Gasteiger partial charge in [0.2, 0.25) is 0 Å². The van der Waals surface area contributed by atoms with Crippen molar-refractivity contribution in [1.82, 2.24) is 4.98 Å². The second-order valence-corrected chi connectivity index (χ2v) is 5.01. The fourth-order valence-corrected chi connectivity index (χ4v) is 2.30. The molecule has 0 atom stereocenters. The summed E-state index contributed by atoms with van der Waals surface area (Å²) in [6.07, 6.45) is 3.29. The van der Waals surface area contributed by atoms with Crippen molar-refractivity contribution >= 4 is 34.8 Å². The third-order valence-electron chi connectivity index (χ3n) is 3.17. The minimum atomic E-state index is -0.412. The number of nitrogens with one attached hydrogen (secondary N) is 1. The molecule has 1 heterocycles. The van der Waals surface area contributed by atoms with Crippen molar-refractivity contribution < 1.29 is 13.9 Å². The molecule has 21 heavy (non-hydrogen) atoms. The molecule has 108 valence electrons. The van der Waals surface area contributed by atoms with E-state index < -0.39 is 5.97 Å². The number of esters is 1. The molecule has 1 aliphatic carbocycles. The van der Waals surface area contributed by atoms with E-state index in [-0.39, 0.29) is 0 Å². The minimum Gasteiger partial charge on any atom is -0.465 e. The van der Waals surface area contributed by atoms with Gasteiger partial charge < -0.3 is 14.5 Å². The first kappa shape index (κ1) is 13.7. The monoisotopic (exact) mass is 304 g/mol. The van der Waals surface area contributed by atoms with Gasteiger partial charge in [0.05, 0.1) is 12.8 Å². The number of methoxy groups -OCH3 is 1. The third kappa shape index (κ3) is 2.78. The van der Waals surface area contributed by atoms with E-state index >= 15 is 0 Å². The molecule has 1 aliphatic rings. The number of halogens is 1. The predicted molar refractivity (Wildman–Crippen MR) is 79.6 cm³/mol. The minimum absolute atomic E-state index is 0.346. The molecule has 1 N–H and O–H groups in total. The van der Waals surface area contributed by atoms with Crippen LogP contribution in [0.2, 0.25) is 5.02 Å². The molecule has 0 aliphatic heterocycles. The van der Waals surface area contributed by atoms with Crippen LogP contribution < -0.4 is 5.32 Å². The molecular formula is C15H13ClN2O3. The van der Waals surface area contributed by atoms with E-state index in [2.05, 4.69) is 10.3 Å². The molecule has 3 rings (SSSR count). The Hall–Kier alpha value is -2.27. The maximum absolute atomic E-state index is 11.7. The SMILES string of the molecule is COC(=O)C1=CCCc2nc(Nc3ccc(Cl)cc3)oc21. The van der Waals surface area contributed by atoms with Crippen LogP contribution in [0.5, 0.6) is 0 Å². The van der Waals surface area contributed by atoms with Gasteiger partial charge in [0.25, 0.3) is 6.01 Å². The number of aromatic nitrogens is 1. The lowest BCUT2D eigenvalue weighted by Crippen LogP contribution is -2.08. The smallest absolute Gasteiger partial charge is 0.341 e. The first-order valence-electron chi connectivity index (χ1n) is 6.48. The molecule has 0 fully saturated rings. The van der Waals surface area contributed by atoms with Crippen molar-refractivity contribution in [3.05, 3.63) is 46.8 Å². The molecule has 0 amide bonds. The summed E-state index contributed by atoms with van der Waals surface area (Å²) in [6, 6.07) is 7.53. The van der Waals surface area contributed by atoms with Gasteiger partial charge in [-0.3, -0.25) is 0 Å². The molecule has 1 aromatic carbocycles. The second kappa shape index (κ2) is 5.61. The molecule has 5 nitrogen and oxygen atoms in total. The van der Waals surface area contributed by atoms with Crippen molar-refractivity contribution in [1.29, 1.82) is 0 Å². The van der Waals surface area contributed by atoms with Crippen LogP contribution >= 0.6 is 11.6 Å². The largest absolute Gasteiger partial charge is 0.465 e. The van der Waals surface area contributed by atoms with Crippen LogP contribution in [0, 0.1) is 0 Å². The van der Waals surface area contributed by atoms with E-state index in [4.69, 9.17) is 20.8 Å². The number of nitrogens with zero attached hydrogens (tertiary/aromatic N) is 1. The highest BCUT2D eigenvalue weighted by molar-refractivity contribution is 6.30. The number of carbonyl (C=O) groups is 1. The van der Waals surface area contributed by atoms with Gasteiger partial charge in [-0.2, -0.15) is 4.98 Å². The van der Waals surface area contributed by atoms with E-state index in [9.17, 15) is 4.79 Å². The Balaban J connectivity index is 1.87. The number of ether oxygens (including phenoxy) is 1.